The molecule has 3 heteroatoms. The van der Waals surface area contributed by atoms with Crippen LogP contribution in [0.25, 0.3) is 0 Å². The normalized spacial score (nSPS) is 9.93. The van der Waals surface area contributed by atoms with Crippen molar-refractivity contribution in [3.05, 3.63) is 48.3 Å². The third kappa shape index (κ3) is 2.53. The van der Waals surface area contributed by atoms with Crippen molar-refractivity contribution in [2.75, 3.05) is 12.4 Å². The van der Waals surface area contributed by atoms with Crippen LogP contribution in [0.3, 0.4) is 0 Å². The van der Waals surface area contributed by atoms with Gasteiger partial charge in [-0.25, -0.2) is 0 Å². The number of ether oxygens (including phenoxy) is 1. The molecule has 0 fully saturated rings. The van der Waals surface area contributed by atoms with E-state index >= 15 is 0 Å². The van der Waals surface area contributed by atoms with Crippen molar-refractivity contribution in [1.29, 1.82) is 0 Å². The molecule has 1 heterocycles. The Balaban J connectivity index is 1.98. The minimum absolute atomic E-state index is 0.792. The minimum Gasteiger partial charge on any atom is -0.497 e. The molecule has 0 atom stereocenters. The Labute approximate surface area is 89.1 Å². The highest BCUT2D eigenvalue weighted by molar-refractivity contribution is 5.48. The number of hydrogen-bond donors (Lipinski definition) is 2. The summed E-state index contributed by atoms with van der Waals surface area (Å²) < 4.78 is 5.14. The second kappa shape index (κ2) is 4.55. The van der Waals surface area contributed by atoms with E-state index in [0.717, 1.165) is 23.7 Å². The number of benzene rings is 1. The first-order valence-corrected chi connectivity index (χ1v) is 4.88. The molecule has 0 spiro atoms. The molecule has 0 amide bonds. The Kier molecular flexibility index (Phi) is 2.93. The first-order valence-electron chi connectivity index (χ1n) is 4.88. The summed E-state index contributed by atoms with van der Waals surface area (Å²) in [7, 11) is 1.67. The molecule has 0 saturated heterocycles. The van der Waals surface area contributed by atoms with Gasteiger partial charge in [0.05, 0.1) is 13.7 Å². The van der Waals surface area contributed by atoms with Gasteiger partial charge in [-0.2, -0.15) is 0 Å². The van der Waals surface area contributed by atoms with Crippen LogP contribution in [-0.2, 0) is 6.54 Å². The van der Waals surface area contributed by atoms with E-state index in [-0.39, 0.29) is 0 Å². The molecule has 0 aliphatic carbocycles. The summed E-state index contributed by atoms with van der Waals surface area (Å²) >= 11 is 0. The fourth-order valence-electron chi connectivity index (χ4n) is 1.41. The predicted octanol–water partition coefficient (Wildman–Crippen LogP) is 2.64. The molecule has 78 valence electrons. The van der Waals surface area contributed by atoms with Crippen LogP contribution >= 0.6 is 0 Å². The number of anilines is 1. The first-order chi connectivity index (χ1) is 7.38. The van der Waals surface area contributed by atoms with E-state index in [4.69, 9.17) is 4.74 Å². The van der Waals surface area contributed by atoms with E-state index in [1.807, 2.05) is 42.6 Å². The lowest BCUT2D eigenvalue weighted by atomic mass is 10.3. The quantitative estimate of drug-likeness (QED) is 0.799. The van der Waals surface area contributed by atoms with Crippen LogP contribution in [0.1, 0.15) is 5.69 Å². The summed E-state index contributed by atoms with van der Waals surface area (Å²) in [6, 6.07) is 11.9. The van der Waals surface area contributed by atoms with E-state index in [9.17, 15) is 0 Å². The zero-order chi connectivity index (χ0) is 10.5. The fraction of sp³-hybridized carbons (Fsp3) is 0.167. The molecule has 0 aliphatic rings. The van der Waals surface area contributed by atoms with Gasteiger partial charge in [0.15, 0.2) is 0 Å². The predicted molar refractivity (Wildman–Crippen MR) is 61.1 cm³/mol. The monoisotopic (exact) mass is 202 g/mol. The molecule has 0 bridgehead atoms. The number of methoxy groups -OCH3 is 1. The highest BCUT2D eigenvalue weighted by atomic mass is 16.5. The number of hydrogen-bond acceptors (Lipinski definition) is 2. The zero-order valence-corrected chi connectivity index (χ0v) is 8.66. The third-order valence-electron chi connectivity index (χ3n) is 2.22. The van der Waals surface area contributed by atoms with E-state index in [1.165, 1.54) is 0 Å². The van der Waals surface area contributed by atoms with Gasteiger partial charge < -0.3 is 15.0 Å². The molecular formula is C12H14N2O. The molecule has 0 saturated carbocycles. The maximum atomic E-state index is 5.14. The number of aromatic nitrogens is 1. The lowest BCUT2D eigenvalue weighted by molar-refractivity contribution is 0.415. The molecule has 15 heavy (non-hydrogen) atoms. The number of H-pyrrole nitrogens is 1. The SMILES string of the molecule is COc1cccc(NCc2ccc[nH]2)c1. The van der Waals surface area contributed by atoms with Crippen LogP contribution in [-0.4, -0.2) is 12.1 Å². The summed E-state index contributed by atoms with van der Waals surface area (Å²) in [5.74, 6) is 0.867. The van der Waals surface area contributed by atoms with Crippen molar-refractivity contribution in [1.82, 2.24) is 4.98 Å². The minimum atomic E-state index is 0.792. The Hall–Kier alpha value is -1.90. The summed E-state index contributed by atoms with van der Waals surface area (Å²) in [6.45, 7) is 0.792. The second-order valence-corrected chi connectivity index (χ2v) is 3.28. The average molecular weight is 202 g/mol. The Morgan fingerprint density at radius 1 is 1.27 bits per heavy atom. The van der Waals surface area contributed by atoms with Crippen molar-refractivity contribution in [3.63, 3.8) is 0 Å². The standard InChI is InChI=1S/C12H14N2O/c1-15-12-6-2-4-10(8-12)14-9-11-5-3-7-13-11/h2-8,13-14H,9H2,1H3. The average Bonchev–Trinajstić information content (AvgIpc) is 2.79. The smallest absolute Gasteiger partial charge is 0.120 e. The van der Waals surface area contributed by atoms with Crippen LogP contribution in [0.4, 0.5) is 5.69 Å². The number of aromatic amines is 1. The Morgan fingerprint density at radius 2 is 2.20 bits per heavy atom. The molecule has 2 N–H and O–H groups in total. The molecule has 0 aliphatic heterocycles. The highest BCUT2D eigenvalue weighted by Gasteiger charge is 1.95. The first kappa shape index (κ1) is 9.65. The number of rotatable bonds is 4. The van der Waals surface area contributed by atoms with E-state index in [0.29, 0.717) is 0 Å². The zero-order valence-electron chi connectivity index (χ0n) is 8.66. The van der Waals surface area contributed by atoms with E-state index in [1.54, 1.807) is 7.11 Å². The van der Waals surface area contributed by atoms with Gasteiger partial charge in [-0.05, 0) is 24.3 Å². The summed E-state index contributed by atoms with van der Waals surface area (Å²) in [4.78, 5) is 3.14. The van der Waals surface area contributed by atoms with Crippen molar-refractivity contribution < 1.29 is 4.74 Å². The van der Waals surface area contributed by atoms with Crippen LogP contribution in [0.2, 0.25) is 0 Å². The Bertz CT molecular complexity index is 409. The fourth-order valence-corrected chi connectivity index (χ4v) is 1.41. The van der Waals surface area contributed by atoms with E-state index < -0.39 is 0 Å². The molecule has 0 radical (unpaired) electrons. The Morgan fingerprint density at radius 3 is 2.93 bits per heavy atom. The second-order valence-electron chi connectivity index (χ2n) is 3.28. The van der Waals surface area contributed by atoms with E-state index in [2.05, 4.69) is 10.3 Å². The van der Waals surface area contributed by atoms with Gasteiger partial charge in [-0.1, -0.05) is 6.07 Å². The van der Waals surface area contributed by atoms with Crippen molar-refractivity contribution in [3.8, 4) is 5.75 Å². The summed E-state index contributed by atoms with van der Waals surface area (Å²) in [6.07, 6.45) is 1.92. The lowest BCUT2D eigenvalue weighted by Crippen LogP contribution is -1.99. The lowest BCUT2D eigenvalue weighted by Gasteiger charge is -2.06. The molecule has 0 unspecified atom stereocenters. The van der Waals surface area contributed by atoms with Gasteiger partial charge in [0.25, 0.3) is 0 Å². The molecular weight excluding hydrogens is 188 g/mol. The molecule has 2 rings (SSSR count). The topological polar surface area (TPSA) is 37.0 Å². The maximum absolute atomic E-state index is 5.14. The molecule has 1 aromatic heterocycles. The van der Waals surface area contributed by atoms with Crippen molar-refractivity contribution in [2.24, 2.45) is 0 Å². The third-order valence-corrected chi connectivity index (χ3v) is 2.22. The van der Waals surface area contributed by atoms with Crippen molar-refractivity contribution in [2.45, 2.75) is 6.54 Å². The molecule has 3 nitrogen and oxygen atoms in total. The van der Waals surface area contributed by atoms with Crippen molar-refractivity contribution >= 4 is 5.69 Å². The summed E-state index contributed by atoms with van der Waals surface area (Å²) in [5, 5.41) is 3.31. The van der Waals surface area contributed by atoms with Crippen LogP contribution < -0.4 is 10.1 Å². The van der Waals surface area contributed by atoms with Crippen LogP contribution in [0.15, 0.2) is 42.6 Å². The van der Waals surface area contributed by atoms with Gasteiger partial charge in [-0.3, -0.25) is 0 Å². The highest BCUT2D eigenvalue weighted by Crippen LogP contribution is 2.17. The number of nitrogens with one attached hydrogen (secondary N) is 2. The van der Waals surface area contributed by atoms with Crippen LogP contribution in [0, 0.1) is 0 Å². The maximum Gasteiger partial charge on any atom is 0.120 e. The van der Waals surface area contributed by atoms with Gasteiger partial charge in [0, 0.05) is 23.6 Å². The molecule has 1 aromatic carbocycles. The van der Waals surface area contributed by atoms with Gasteiger partial charge in [-0.15, -0.1) is 0 Å². The molecule has 2 aromatic rings. The van der Waals surface area contributed by atoms with Gasteiger partial charge in [0.2, 0.25) is 0 Å². The van der Waals surface area contributed by atoms with Gasteiger partial charge in [0.1, 0.15) is 5.75 Å². The van der Waals surface area contributed by atoms with Crippen LogP contribution in [0.5, 0.6) is 5.75 Å². The summed E-state index contributed by atoms with van der Waals surface area (Å²) in [5.41, 5.74) is 2.22. The van der Waals surface area contributed by atoms with Gasteiger partial charge >= 0.3 is 0 Å². The largest absolute Gasteiger partial charge is 0.497 e.